The fourth-order valence-electron chi connectivity index (χ4n) is 2.77. The molecule has 1 heterocycles. The van der Waals surface area contributed by atoms with Gasteiger partial charge in [0.1, 0.15) is 0 Å². The average Bonchev–Trinajstić information content (AvgIpc) is 2.49. The Labute approximate surface area is 127 Å². The first-order valence-corrected chi connectivity index (χ1v) is 7.26. The van der Waals surface area contributed by atoms with Gasteiger partial charge < -0.3 is 10.1 Å². The first-order chi connectivity index (χ1) is 10.4. The van der Waals surface area contributed by atoms with Crippen LogP contribution in [-0.2, 0) is 0 Å². The van der Waals surface area contributed by atoms with E-state index in [-0.39, 0.29) is 17.7 Å². The number of ether oxygens (including phenoxy) is 1. The van der Waals surface area contributed by atoms with Crippen LogP contribution >= 0.6 is 0 Å². The van der Waals surface area contributed by atoms with Gasteiger partial charge >= 0.3 is 6.18 Å². The number of methoxy groups -OCH3 is 1. The van der Waals surface area contributed by atoms with Gasteiger partial charge in [-0.15, -0.1) is 0 Å². The highest BCUT2D eigenvalue weighted by molar-refractivity contribution is 5.33. The summed E-state index contributed by atoms with van der Waals surface area (Å²) in [7, 11) is 1.34. The molecule has 1 aromatic carbocycles. The van der Waals surface area contributed by atoms with E-state index in [0.29, 0.717) is 26.2 Å². The summed E-state index contributed by atoms with van der Waals surface area (Å²) >= 11 is 0. The largest absolute Gasteiger partial charge is 0.494 e. The van der Waals surface area contributed by atoms with E-state index in [1.54, 1.807) is 12.1 Å². The van der Waals surface area contributed by atoms with E-state index in [4.69, 9.17) is 4.74 Å². The molecule has 0 aromatic heterocycles. The van der Waals surface area contributed by atoms with E-state index in [1.165, 1.54) is 13.2 Å². The van der Waals surface area contributed by atoms with Crippen molar-refractivity contribution in [2.45, 2.75) is 25.1 Å². The Kier molecular flexibility index (Phi) is 5.63. The molecule has 1 aliphatic rings. The first-order valence-electron chi connectivity index (χ1n) is 7.26. The van der Waals surface area contributed by atoms with Gasteiger partial charge in [-0.25, -0.2) is 4.39 Å². The molecule has 1 aliphatic heterocycles. The molecule has 1 saturated heterocycles. The van der Waals surface area contributed by atoms with Gasteiger partial charge in [0.2, 0.25) is 0 Å². The molecular formula is C15H20F4N2O. The molecule has 7 heteroatoms. The molecular weight excluding hydrogens is 300 g/mol. The lowest BCUT2D eigenvalue weighted by Gasteiger charge is -2.35. The van der Waals surface area contributed by atoms with Crippen LogP contribution in [0.15, 0.2) is 18.2 Å². The number of nitrogens with zero attached hydrogens (tertiary/aromatic N) is 1. The van der Waals surface area contributed by atoms with Crippen LogP contribution in [0.1, 0.15) is 24.4 Å². The van der Waals surface area contributed by atoms with Crippen molar-refractivity contribution in [3.8, 4) is 5.75 Å². The first kappa shape index (κ1) is 17.0. The summed E-state index contributed by atoms with van der Waals surface area (Å²) in [4.78, 5) is 1.90. The molecule has 0 unspecified atom stereocenters. The molecule has 0 amide bonds. The van der Waals surface area contributed by atoms with Crippen LogP contribution in [0.5, 0.6) is 5.75 Å². The number of halogens is 4. The lowest BCUT2D eigenvalue weighted by atomic mass is 9.98. The third-order valence-corrected chi connectivity index (χ3v) is 3.87. The molecule has 124 valence electrons. The van der Waals surface area contributed by atoms with Crippen molar-refractivity contribution in [1.29, 1.82) is 0 Å². The standard InChI is InChI=1S/C15H20F4N2O/c1-22-13-4-2-3-11(14(13)16)12(5-6-15(17,18)19)21-9-7-20-8-10-21/h2-4,12,20H,5-10H2,1H3/t12-/m0/s1. The Bertz CT molecular complexity index is 487. The van der Waals surface area contributed by atoms with Crippen LogP contribution < -0.4 is 10.1 Å². The van der Waals surface area contributed by atoms with Crippen LogP contribution in [0, 0.1) is 5.82 Å². The van der Waals surface area contributed by atoms with Crippen molar-refractivity contribution < 1.29 is 22.3 Å². The number of alkyl halides is 3. The highest BCUT2D eigenvalue weighted by Crippen LogP contribution is 2.35. The summed E-state index contributed by atoms with van der Waals surface area (Å²) in [6, 6.07) is 4.03. The van der Waals surface area contributed by atoms with Crippen molar-refractivity contribution in [2.24, 2.45) is 0 Å². The number of nitrogens with one attached hydrogen (secondary N) is 1. The van der Waals surface area contributed by atoms with Crippen molar-refractivity contribution in [3.05, 3.63) is 29.6 Å². The molecule has 0 aliphatic carbocycles. The smallest absolute Gasteiger partial charge is 0.389 e. The second-order valence-electron chi connectivity index (χ2n) is 5.32. The topological polar surface area (TPSA) is 24.5 Å². The molecule has 22 heavy (non-hydrogen) atoms. The Morgan fingerprint density at radius 2 is 1.95 bits per heavy atom. The maximum Gasteiger partial charge on any atom is 0.389 e. The zero-order chi connectivity index (χ0) is 16.2. The van der Waals surface area contributed by atoms with E-state index in [0.717, 1.165) is 0 Å². The predicted molar refractivity (Wildman–Crippen MR) is 75.4 cm³/mol. The fraction of sp³-hybridized carbons (Fsp3) is 0.600. The van der Waals surface area contributed by atoms with Gasteiger partial charge in [0.15, 0.2) is 11.6 Å². The zero-order valence-corrected chi connectivity index (χ0v) is 12.4. The molecule has 0 saturated carbocycles. The van der Waals surface area contributed by atoms with Crippen LogP contribution in [0.2, 0.25) is 0 Å². The van der Waals surface area contributed by atoms with Gasteiger partial charge in [-0.05, 0) is 12.5 Å². The predicted octanol–water partition coefficient (Wildman–Crippen LogP) is 3.12. The molecule has 1 aromatic rings. The Morgan fingerprint density at radius 1 is 1.27 bits per heavy atom. The molecule has 0 bridgehead atoms. The number of hydrogen-bond acceptors (Lipinski definition) is 3. The van der Waals surface area contributed by atoms with Crippen molar-refractivity contribution in [3.63, 3.8) is 0 Å². The second-order valence-corrected chi connectivity index (χ2v) is 5.32. The Hall–Kier alpha value is -1.34. The maximum absolute atomic E-state index is 14.4. The molecule has 2 rings (SSSR count). The van der Waals surface area contributed by atoms with Crippen LogP contribution in [0.3, 0.4) is 0 Å². The minimum Gasteiger partial charge on any atom is -0.494 e. The van der Waals surface area contributed by atoms with Gasteiger partial charge in [0.25, 0.3) is 0 Å². The summed E-state index contributed by atoms with van der Waals surface area (Å²) in [6.45, 7) is 2.57. The lowest BCUT2D eigenvalue weighted by Crippen LogP contribution is -2.45. The highest BCUT2D eigenvalue weighted by Gasteiger charge is 2.32. The van der Waals surface area contributed by atoms with Gasteiger partial charge in [-0.1, -0.05) is 12.1 Å². The minimum atomic E-state index is -4.25. The van der Waals surface area contributed by atoms with E-state index in [1.807, 2.05) is 4.90 Å². The Balaban J connectivity index is 2.26. The number of hydrogen-bond donors (Lipinski definition) is 1. The maximum atomic E-state index is 14.4. The van der Waals surface area contributed by atoms with Gasteiger partial charge in [0, 0.05) is 44.2 Å². The quantitative estimate of drug-likeness (QED) is 0.844. The van der Waals surface area contributed by atoms with E-state index in [9.17, 15) is 17.6 Å². The van der Waals surface area contributed by atoms with Crippen LogP contribution in [0.4, 0.5) is 17.6 Å². The third-order valence-electron chi connectivity index (χ3n) is 3.87. The summed E-state index contributed by atoms with van der Waals surface area (Å²) in [5.74, 6) is -0.514. The van der Waals surface area contributed by atoms with E-state index < -0.39 is 24.5 Å². The summed E-state index contributed by atoms with van der Waals surface area (Å²) < 4.78 is 57.2. The Morgan fingerprint density at radius 3 is 2.55 bits per heavy atom. The second kappa shape index (κ2) is 7.28. The van der Waals surface area contributed by atoms with E-state index in [2.05, 4.69) is 5.32 Å². The van der Waals surface area contributed by atoms with Crippen molar-refractivity contribution in [2.75, 3.05) is 33.3 Å². The van der Waals surface area contributed by atoms with E-state index >= 15 is 0 Å². The number of benzene rings is 1. The molecule has 3 nitrogen and oxygen atoms in total. The number of rotatable bonds is 5. The average molecular weight is 320 g/mol. The molecule has 1 fully saturated rings. The van der Waals surface area contributed by atoms with Crippen LogP contribution in [-0.4, -0.2) is 44.4 Å². The SMILES string of the molecule is COc1cccc([C@H](CCC(F)(F)F)N2CCNCC2)c1F. The van der Waals surface area contributed by atoms with Gasteiger partial charge in [-0.2, -0.15) is 13.2 Å². The zero-order valence-electron chi connectivity index (χ0n) is 12.4. The van der Waals surface area contributed by atoms with Crippen LogP contribution in [0.25, 0.3) is 0 Å². The summed E-state index contributed by atoms with van der Waals surface area (Å²) in [5.41, 5.74) is 0.269. The monoisotopic (exact) mass is 320 g/mol. The van der Waals surface area contributed by atoms with Gasteiger partial charge in [0.05, 0.1) is 7.11 Å². The minimum absolute atomic E-state index is 0.0599. The number of piperazine rings is 1. The van der Waals surface area contributed by atoms with Crippen molar-refractivity contribution >= 4 is 0 Å². The molecule has 0 radical (unpaired) electrons. The molecule has 1 N–H and O–H groups in total. The lowest BCUT2D eigenvalue weighted by molar-refractivity contribution is -0.138. The molecule has 1 atom stereocenters. The normalized spacial score (nSPS) is 18.2. The fourth-order valence-corrected chi connectivity index (χ4v) is 2.77. The van der Waals surface area contributed by atoms with Crippen molar-refractivity contribution in [1.82, 2.24) is 10.2 Å². The third kappa shape index (κ3) is 4.33. The summed E-state index contributed by atoms with van der Waals surface area (Å²) in [6.07, 6.45) is -5.34. The molecule has 0 spiro atoms. The van der Waals surface area contributed by atoms with Gasteiger partial charge in [-0.3, -0.25) is 4.90 Å². The summed E-state index contributed by atoms with van der Waals surface area (Å²) in [5, 5.41) is 3.15. The highest BCUT2D eigenvalue weighted by atomic mass is 19.4.